The molecule has 1 aliphatic heterocycles. The molecule has 2 amide bonds. The van der Waals surface area contributed by atoms with Crippen LogP contribution >= 0.6 is 0 Å². The fourth-order valence-electron chi connectivity index (χ4n) is 4.14. The minimum atomic E-state index is -0.558. The molecule has 146 valence electrons. The first-order valence-corrected chi connectivity index (χ1v) is 9.68. The average Bonchev–Trinajstić information content (AvgIpc) is 3.11. The van der Waals surface area contributed by atoms with Gasteiger partial charge in [0.1, 0.15) is 0 Å². The smallest absolute Gasteiger partial charge is 0.251 e. The lowest BCUT2D eigenvalue weighted by molar-refractivity contribution is -0.117. The van der Waals surface area contributed by atoms with Crippen molar-refractivity contribution in [1.82, 2.24) is 15.5 Å². The maximum Gasteiger partial charge on any atom is 0.251 e. The number of fused-ring (bicyclic) bond motifs is 1. The number of likely N-dealkylation sites (tertiary alicyclic amines) is 1. The zero-order chi connectivity index (χ0) is 19.2. The van der Waals surface area contributed by atoms with Crippen molar-refractivity contribution in [2.24, 2.45) is 22.6 Å². The SMILES string of the molecule is CN=C(NCc1ccc(C(=O)NCC(N)=O)cc1)N1CC2CCCCC2C1. The number of aliphatic imine (C=N–C) groups is 1. The number of amides is 2. The Hall–Kier alpha value is -2.57. The normalized spacial score (nSPS) is 22.3. The minimum Gasteiger partial charge on any atom is -0.368 e. The van der Waals surface area contributed by atoms with E-state index < -0.39 is 5.91 Å². The summed E-state index contributed by atoms with van der Waals surface area (Å²) in [5.74, 6) is 1.72. The van der Waals surface area contributed by atoms with E-state index >= 15 is 0 Å². The summed E-state index contributed by atoms with van der Waals surface area (Å²) < 4.78 is 0. The molecule has 1 aromatic carbocycles. The number of hydrogen-bond acceptors (Lipinski definition) is 3. The highest BCUT2D eigenvalue weighted by atomic mass is 16.2. The number of rotatable bonds is 5. The number of guanidine groups is 1. The standard InChI is InChI=1S/C20H29N5O2/c1-22-20(25-12-16-4-2-3-5-17(16)13-25)24-10-14-6-8-15(9-7-14)19(27)23-11-18(21)26/h6-9,16-17H,2-5,10-13H2,1H3,(H2,21,26)(H,22,24)(H,23,27). The number of carbonyl (C=O) groups excluding carboxylic acids is 2. The van der Waals surface area contributed by atoms with Gasteiger partial charge in [-0.3, -0.25) is 14.6 Å². The number of nitrogens with zero attached hydrogens (tertiary/aromatic N) is 2. The Morgan fingerprint density at radius 2 is 1.74 bits per heavy atom. The van der Waals surface area contributed by atoms with Crippen molar-refractivity contribution in [3.8, 4) is 0 Å². The molecule has 1 aromatic rings. The molecular formula is C20H29N5O2. The van der Waals surface area contributed by atoms with Crippen molar-refractivity contribution in [3.63, 3.8) is 0 Å². The van der Waals surface area contributed by atoms with Crippen LogP contribution in [-0.2, 0) is 11.3 Å². The first kappa shape index (κ1) is 19.2. The lowest BCUT2D eigenvalue weighted by atomic mass is 9.82. The Bertz CT molecular complexity index is 687. The molecular weight excluding hydrogens is 342 g/mol. The zero-order valence-corrected chi connectivity index (χ0v) is 15.9. The highest BCUT2D eigenvalue weighted by Gasteiger charge is 2.35. The van der Waals surface area contributed by atoms with Gasteiger partial charge < -0.3 is 21.3 Å². The van der Waals surface area contributed by atoms with E-state index in [1.165, 1.54) is 25.7 Å². The van der Waals surface area contributed by atoms with Crippen LogP contribution in [0.2, 0.25) is 0 Å². The van der Waals surface area contributed by atoms with Crippen molar-refractivity contribution in [1.29, 1.82) is 0 Å². The lowest BCUT2D eigenvalue weighted by Crippen LogP contribution is -2.39. The average molecular weight is 371 g/mol. The van der Waals surface area contributed by atoms with Gasteiger partial charge in [-0.2, -0.15) is 0 Å². The number of primary amides is 1. The molecule has 1 heterocycles. The molecule has 0 spiro atoms. The molecule has 1 saturated carbocycles. The van der Waals surface area contributed by atoms with Crippen LogP contribution in [-0.4, -0.2) is 49.4 Å². The monoisotopic (exact) mass is 371 g/mol. The van der Waals surface area contributed by atoms with Crippen LogP contribution in [0.3, 0.4) is 0 Å². The summed E-state index contributed by atoms with van der Waals surface area (Å²) >= 11 is 0. The second-order valence-corrected chi connectivity index (χ2v) is 7.46. The van der Waals surface area contributed by atoms with Gasteiger partial charge >= 0.3 is 0 Å². The summed E-state index contributed by atoms with van der Waals surface area (Å²) in [6.07, 6.45) is 5.41. The van der Waals surface area contributed by atoms with Crippen molar-refractivity contribution in [3.05, 3.63) is 35.4 Å². The Kier molecular flexibility index (Phi) is 6.32. The Morgan fingerprint density at radius 1 is 1.11 bits per heavy atom. The molecule has 1 saturated heterocycles. The van der Waals surface area contributed by atoms with Gasteiger partial charge in [0, 0.05) is 32.2 Å². The Balaban J connectivity index is 1.51. The van der Waals surface area contributed by atoms with Gasteiger partial charge in [0.05, 0.1) is 6.54 Å². The van der Waals surface area contributed by atoms with Crippen molar-refractivity contribution in [2.45, 2.75) is 32.2 Å². The number of carbonyl (C=O) groups is 2. The van der Waals surface area contributed by atoms with Crippen LogP contribution < -0.4 is 16.4 Å². The van der Waals surface area contributed by atoms with Crippen LogP contribution in [0.25, 0.3) is 0 Å². The van der Waals surface area contributed by atoms with Gasteiger partial charge in [-0.15, -0.1) is 0 Å². The molecule has 0 bridgehead atoms. The third-order valence-corrected chi connectivity index (χ3v) is 5.58. The van der Waals surface area contributed by atoms with Gasteiger partial charge in [-0.25, -0.2) is 0 Å². The fourth-order valence-corrected chi connectivity index (χ4v) is 4.14. The quantitative estimate of drug-likeness (QED) is 0.533. The maximum atomic E-state index is 11.9. The van der Waals surface area contributed by atoms with E-state index in [9.17, 15) is 9.59 Å². The Labute approximate surface area is 160 Å². The molecule has 0 aromatic heterocycles. The van der Waals surface area contributed by atoms with Crippen LogP contribution in [0.15, 0.2) is 29.3 Å². The first-order chi connectivity index (χ1) is 13.1. The molecule has 0 radical (unpaired) electrons. The van der Waals surface area contributed by atoms with E-state index in [4.69, 9.17) is 5.73 Å². The molecule has 2 aliphatic rings. The predicted molar refractivity (Wildman–Crippen MR) is 105 cm³/mol. The molecule has 27 heavy (non-hydrogen) atoms. The predicted octanol–water partition coefficient (Wildman–Crippen LogP) is 1.10. The van der Waals surface area contributed by atoms with Gasteiger partial charge in [0.15, 0.2) is 5.96 Å². The van der Waals surface area contributed by atoms with Gasteiger partial charge in [0.25, 0.3) is 5.91 Å². The molecule has 2 unspecified atom stereocenters. The summed E-state index contributed by atoms with van der Waals surface area (Å²) in [5.41, 5.74) is 6.61. The zero-order valence-electron chi connectivity index (χ0n) is 15.9. The van der Waals surface area contributed by atoms with E-state index in [-0.39, 0.29) is 12.5 Å². The molecule has 4 N–H and O–H groups in total. The van der Waals surface area contributed by atoms with E-state index in [1.807, 2.05) is 19.2 Å². The van der Waals surface area contributed by atoms with Gasteiger partial charge in [0.2, 0.25) is 5.91 Å². The van der Waals surface area contributed by atoms with E-state index in [1.54, 1.807) is 12.1 Å². The highest BCUT2D eigenvalue weighted by molar-refractivity contribution is 5.96. The van der Waals surface area contributed by atoms with Crippen LogP contribution in [0.4, 0.5) is 0 Å². The number of nitrogens with one attached hydrogen (secondary N) is 2. The van der Waals surface area contributed by atoms with Crippen LogP contribution in [0.1, 0.15) is 41.6 Å². The number of nitrogens with two attached hydrogens (primary N) is 1. The topological polar surface area (TPSA) is 99.8 Å². The molecule has 2 fully saturated rings. The van der Waals surface area contributed by atoms with Crippen molar-refractivity contribution in [2.75, 3.05) is 26.7 Å². The summed E-state index contributed by atoms with van der Waals surface area (Å²) in [7, 11) is 1.83. The number of hydrogen-bond donors (Lipinski definition) is 3. The molecule has 2 atom stereocenters. The molecule has 3 rings (SSSR count). The molecule has 7 heteroatoms. The first-order valence-electron chi connectivity index (χ1n) is 9.68. The third kappa shape index (κ3) is 4.99. The summed E-state index contributed by atoms with van der Waals surface area (Å²) in [6, 6.07) is 7.31. The molecule has 1 aliphatic carbocycles. The van der Waals surface area contributed by atoms with Crippen LogP contribution in [0, 0.1) is 11.8 Å². The second-order valence-electron chi connectivity index (χ2n) is 7.46. The van der Waals surface area contributed by atoms with Gasteiger partial charge in [-0.1, -0.05) is 25.0 Å². The fraction of sp³-hybridized carbons (Fsp3) is 0.550. The largest absolute Gasteiger partial charge is 0.368 e. The summed E-state index contributed by atoms with van der Waals surface area (Å²) in [4.78, 5) is 29.5. The maximum absolute atomic E-state index is 11.9. The van der Waals surface area contributed by atoms with Crippen LogP contribution in [0.5, 0.6) is 0 Å². The van der Waals surface area contributed by atoms with E-state index in [2.05, 4.69) is 20.5 Å². The highest BCUT2D eigenvalue weighted by Crippen LogP contribution is 2.35. The third-order valence-electron chi connectivity index (χ3n) is 5.58. The lowest BCUT2D eigenvalue weighted by Gasteiger charge is -2.22. The van der Waals surface area contributed by atoms with E-state index in [0.717, 1.165) is 36.4 Å². The minimum absolute atomic E-state index is 0.156. The van der Waals surface area contributed by atoms with E-state index in [0.29, 0.717) is 12.1 Å². The van der Waals surface area contributed by atoms with Crippen molar-refractivity contribution < 1.29 is 9.59 Å². The van der Waals surface area contributed by atoms with Gasteiger partial charge in [-0.05, 0) is 42.4 Å². The van der Waals surface area contributed by atoms with Crippen molar-refractivity contribution >= 4 is 17.8 Å². The summed E-state index contributed by atoms with van der Waals surface area (Å²) in [6.45, 7) is 2.70. The Morgan fingerprint density at radius 3 is 2.30 bits per heavy atom. The molecule has 7 nitrogen and oxygen atoms in total. The second kappa shape index (κ2) is 8.88. The summed E-state index contributed by atoms with van der Waals surface area (Å²) in [5, 5.41) is 5.92. The number of benzene rings is 1.